The van der Waals surface area contributed by atoms with Crippen LogP contribution in [0.25, 0.3) is 0 Å². The third-order valence-corrected chi connectivity index (χ3v) is 3.19. The number of amides is 2. The Morgan fingerprint density at radius 2 is 1.80 bits per heavy atom. The van der Waals surface area contributed by atoms with Gasteiger partial charge in [0.25, 0.3) is 12.3 Å². The second kappa shape index (κ2) is 9.37. The van der Waals surface area contributed by atoms with E-state index >= 15 is 0 Å². The first kappa shape index (κ1) is 22.8. The summed E-state index contributed by atoms with van der Waals surface area (Å²) in [6, 6.07) is 4.51. The Morgan fingerprint density at radius 1 is 1.10 bits per heavy atom. The number of hydrogen-bond acceptors (Lipinski definition) is 6. The predicted molar refractivity (Wildman–Crippen MR) is 97.9 cm³/mol. The van der Waals surface area contributed by atoms with Crippen molar-refractivity contribution in [2.24, 2.45) is 0 Å². The molecule has 0 bridgehead atoms. The molecule has 0 aliphatic rings. The highest BCUT2D eigenvalue weighted by Gasteiger charge is 2.21. The van der Waals surface area contributed by atoms with Crippen LogP contribution in [0.3, 0.4) is 0 Å². The molecule has 12 heteroatoms. The minimum absolute atomic E-state index is 0.176. The number of carbonyl (C=O) groups excluding carboxylic acids is 2. The van der Waals surface area contributed by atoms with E-state index in [4.69, 9.17) is 4.74 Å². The van der Waals surface area contributed by atoms with Crippen molar-refractivity contribution in [1.82, 2.24) is 9.97 Å². The quantitative estimate of drug-likeness (QED) is 0.649. The minimum atomic E-state index is -3.27. The number of alkyl halides is 4. The van der Waals surface area contributed by atoms with Crippen LogP contribution in [-0.4, -0.2) is 34.2 Å². The van der Waals surface area contributed by atoms with Crippen molar-refractivity contribution in [1.29, 1.82) is 0 Å². The Labute approximate surface area is 168 Å². The van der Waals surface area contributed by atoms with Crippen LogP contribution >= 0.6 is 0 Å². The monoisotopic (exact) mass is 430 g/mol. The molecule has 0 atom stereocenters. The molecule has 0 fully saturated rings. The molecule has 30 heavy (non-hydrogen) atoms. The molecule has 0 spiro atoms. The van der Waals surface area contributed by atoms with Gasteiger partial charge in [0.1, 0.15) is 17.1 Å². The molecule has 0 radical (unpaired) electrons. The summed E-state index contributed by atoms with van der Waals surface area (Å²) in [7, 11) is 0. The lowest BCUT2D eigenvalue weighted by Gasteiger charge is -2.20. The second-order valence-corrected chi connectivity index (χ2v) is 6.78. The highest BCUT2D eigenvalue weighted by molar-refractivity contribution is 6.04. The maximum atomic E-state index is 12.7. The zero-order valence-corrected chi connectivity index (χ0v) is 16.1. The van der Waals surface area contributed by atoms with E-state index in [1.54, 1.807) is 20.8 Å². The SMILES string of the molecule is CC(C)(C)OC(=O)Nc1ncc(C(=O)Nc2cccc(C(F)F)n2)cc1OC(F)F. The number of ether oxygens (including phenoxy) is 2. The molecular weight excluding hydrogens is 412 g/mol. The fraction of sp³-hybridized carbons (Fsp3) is 0.333. The largest absolute Gasteiger partial charge is 0.444 e. The number of pyridine rings is 2. The van der Waals surface area contributed by atoms with Gasteiger partial charge in [0.05, 0.1) is 5.56 Å². The van der Waals surface area contributed by atoms with E-state index in [1.165, 1.54) is 12.1 Å². The van der Waals surface area contributed by atoms with Crippen molar-refractivity contribution in [3.63, 3.8) is 0 Å². The number of rotatable bonds is 6. The van der Waals surface area contributed by atoms with Crippen molar-refractivity contribution in [3.05, 3.63) is 41.7 Å². The summed E-state index contributed by atoms with van der Waals surface area (Å²) in [5.74, 6) is -2.05. The molecule has 2 aromatic heterocycles. The average Bonchev–Trinajstić information content (AvgIpc) is 2.61. The van der Waals surface area contributed by atoms with Crippen LogP contribution in [0.2, 0.25) is 0 Å². The Hall–Kier alpha value is -3.44. The summed E-state index contributed by atoms with van der Waals surface area (Å²) < 4.78 is 60.2. The molecule has 2 rings (SSSR count). The van der Waals surface area contributed by atoms with Gasteiger partial charge in [-0.2, -0.15) is 8.78 Å². The number of aromatic nitrogens is 2. The van der Waals surface area contributed by atoms with Gasteiger partial charge in [0.15, 0.2) is 11.6 Å². The van der Waals surface area contributed by atoms with Crippen LogP contribution in [0.5, 0.6) is 5.75 Å². The van der Waals surface area contributed by atoms with Gasteiger partial charge in [0, 0.05) is 6.20 Å². The normalized spacial score (nSPS) is 11.4. The molecule has 0 aliphatic heterocycles. The van der Waals surface area contributed by atoms with E-state index in [0.717, 1.165) is 18.3 Å². The van der Waals surface area contributed by atoms with Gasteiger partial charge >= 0.3 is 12.7 Å². The molecule has 0 saturated heterocycles. The zero-order valence-electron chi connectivity index (χ0n) is 16.1. The third kappa shape index (κ3) is 6.87. The van der Waals surface area contributed by atoms with Crippen LogP contribution < -0.4 is 15.4 Å². The lowest BCUT2D eigenvalue weighted by atomic mass is 10.2. The molecule has 8 nitrogen and oxygen atoms in total. The highest BCUT2D eigenvalue weighted by Crippen LogP contribution is 2.26. The first-order valence-electron chi connectivity index (χ1n) is 8.46. The molecule has 2 aromatic rings. The Bertz CT molecular complexity index is 919. The Morgan fingerprint density at radius 3 is 2.40 bits per heavy atom. The van der Waals surface area contributed by atoms with Gasteiger partial charge in [0.2, 0.25) is 0 Å². The Balaban J connectivity index is 2.23. The summed E-state index contributed by atoms with van der Waals surface area (Å²) in [5.41, 5.74) is -1.65. The fourth-order valence-corrected chi connectivity index (χ4v) is 2.08. The lowest BCUT2D eigenvalue weighted by molar-refractivity contribution is -0.0496. The number of nitrogens with zero attached hydrogens (tertiary/aromatic N) is 2. The van der Waals surface area contributed by atoms with Gasteiger partial charge in [-0.15, -0.1) is 0 Å². The van der Waals surface area contributed by atoms with Crippen molar-refractivity contribution < 1.29 is 36.6 Å². The number of halogens is 4. The summed E-state index contributed by atoms with van der Waals surface area (Å²) in [6.07, 6.45) is -2.84. The molecule has 2 N–H and O–H groups in total. The fourth-order valence-electron chi connectivity index (χ4n) is 2.08. The predicted octanol–water partition coefficient (Wildman–Crippen LogP) is 4.61. The van der Waals surface area contributed by atoms with Crippen LogP contribution in [0, 0.1) is 0 Å². The van der Waals surface area contributed by atoms with Crippen molar-refractivity contribution in [2.45, 2.75) is 39.4 Å². The summed E-state index contributed by atoms with van der Waals surface area (Å²) >= 11 is 0. The van der Waals surface area contributed by atoms with Crippen LogP contribution in [0.15, 0.2) is 30.5 Å². The molecule has 0 aliphatic carbocycles. The number of anilines is 2. The van der Waals surface area contributed by atoms with Gasteiger partial charge < -0.3 is 14.8 Å². The van der Waals surface area contributed by atoms with E-state index in [-0.39, 0.29) is 11.4 Å². The average molecular weight is 430 g/mol. The molecule has 0 unspecified atom stereocenters. The first-order valence-corrected chi connectivity index (χ1v) is 8.46. The van der Waals surface area contributed by atoms with Gasteiger partial charge in [-0.1, -0.05) is 6.07 Å². The second-order valence-electron chi connectivity index (χ2n) is 6.78. The first-order chi connectivity index (χ1) is 13.9. The van der Waals surface area contributed by atoms with E-state index < -0.39 is 47.9 Å². The van der Waals surface area contributed by atoms with E-state index in [2.05, 4.69) is 25.3 Å². The molecule has 162 valence electrons. The summed E-state index contributed by atoms with van der Waals surface area (Å²) in [6.45, 7) is 1.53. The number of nitrogens with one attached hydrogen (secondary N) is 2. The van der Waals surface area contributed by atoms with Crippen molar-refractivity contribution in [3.8, 4) is 5.75 Å². The van der Waals surface area contributed by atoms with Gasteiger partial charge in [-0.3, -0.25) is 10.1 Å². The molecule has 0 saturated carbocycles. The van der Waals surface area contributed by atoms with Crippen LogP contribution in [0.1, 0.15) is 43.2 Å². The van der Waals surface area contributed by atoms with E-state index in [0.29, 0.717) is 0 Å². The van der Waals surface area contributed by atoms with Gasteiger partial charge in [-0.25, -0.2) is 23.5 Å². The third-order valence-electron chi connectivity index (χ3n) is 3.19. The molecule has 2 amide bonds. The summed E-state index contributed by atoms with van der Waals surface area (Å²) in [4.78, 5) is 31.5. The number of hydrogen-bond donors (Lipinski definition) is 2. The molecule has 0 aromatic carbocycles. The standard InChI is InChI=1S/C18H18F4N4O4/c1-18(2,3)30-17(28)26-14-11(29-16(21)22)7-9(8-23-14)15(27)25-12-6-4-5-10(24-12)13(19)20/h4-8,13,16H,1-3H3,(H,23,26,28)(H,24,25,27). The topological polar surface area (TPSA) is 102 Å². The summed E-state index contributed by atoms with van der Waals surface area (Å²) in [5, 5.41) is 4.40. The lowest BCUT2D eigenvalue weighted by Crippen LogP contribution is -2.28. The number of carbonyl (C=O) groups is 2. The van der Waals surface area contributed by atoms with Crippen LogP contribution in [0.4, 0.5) is 34.0 Å². The Kier molecular flexibility index (Phi) is 7.14. The highest BCUT2D eigenvalue weighted by atomic mass is 19.3. The molecular formula is C18H18F4N4O4. The van der Waals surface area contributed by atoms with E-state index in [1.807, 2.05) is 0 Å². The van der Waals surface area contributed by atoms with Gasteiger partial charge in [-0.05, 0) is 39.0 Å². The smallest absolute Gasteiger partial charge is 0.413 e. The minimum Gasteiger partial charge on any atom is -0.444 e. The van der Waals surface area contributed by atoms with Crippen molar-refractivity contribution in [2.75, 3.05) is 10.6 Å². The maximum absolute atomic E-state index is 12.7. The maximum Gasteiger partial charge on any atom is 0.413 e. The molecule has 2 heterocycles. The van der Waals surface area contributed by atoms with E-state index in [9.17, 15) is 27.2 Å². The zero-order chi connectivity index (χ0) is 22.5. The van der Waals surface area contributed by atoms with Crippen LogP contribution in [-0.2, 0) is 4.74 Å². The van der Waals surface area contributed by atoms with Crippen molar-refractivity contribution >= 4 is 23.6 Å².